The van der Waals surface area contributed by atoms with Crippen molar-refractivity contribution in [2.24, 2.45) is 5.92 Å². The van der Waals surface area contributed by atoms with Gasteiger partial charge in [-0.3, -0.25) is 9.59 Å². The van der Waals surface area contributed by atoms with Gasteiger partial charge in [0.25, 0.3) is 0 Å². The standard InChI is InChI=1S/C22H27N3O3/c1-4-28-20-8-6-5-7-19(20)25-15-17(13-21(25)26)22(27)23-14-16-9-11-18(12-10-16)24(2)3/h5-12,17H,4,13-15H2,1-3H3,(H,23,27)/t17-/m0/s1. The Kier molecular flexibility index (Phi) is 6.19. The van der Waals surface area contributed by atoms with Crippen molar-refractivity contribution in [1.29, 1.82) is 0 Å². The molecule has 2 aromatic carbocycles. The van der Waals surface area contributed by atoms with Gasteiger partial charge >= 0.3 is 0 Å². The zero-order valence-corrected chi connectivity index (χ0v) is 16.6. The van der Waals surface area contributed by atoms with Crippen LogP contribution in [0.25, 0.3) is 0 Å². The molecule has 0 radical (unpaired) electrons. The van der Waals surface area contributed by atoms with Gasteiger partial charge in [0.05, 0.1) is 18.2 Å². The Morgan fingerprint density at radius 3 is 2.57 bits per heavy atom. The Balaban J connectivity index is 1.61. The van der Waals surface area contributed by atoms with Crippen molar-refractivity contribution in [3.05, 3.63) is 54.1 Å². The highest BCUT2D eigenvalue weighted by Gasteiger charge is 2.36. The van der Waals surface area contributed by atoms with Gasteiger partial charge in [-0.25, -0.2) is 0 Å². The van der Waals surface area contributed by atoms with E-state index in [-0.39, 0.29) is 24.2 Å². The van der Waals surface area contributed by atoms with Crippen LogP contribution < -0.4 is 19.9 Å². The van der Waals surface area contributed by atoms with Crippen LogP contribution >= 0.6 is 0 Å². The third kappa shape index (κ3) is 4.44. The molecule has 0 aliphatic carbocycles. The van der Waals surface area contributed by atoms with E-state index in [1.807, 2.05) is 74.4 Å². The second kappa shape index (κ2) is 8.78. The normalized spacial score (nSPS) is 16.2. The molecule has 148 valence electrons. The van der Waals surface area contributed by atoms with E-state index in [4.69, 9.17) is 4.74 Å². The van der Waals surface area contributed by atoms with Gasteiger partial charge < -0.3 is 19.9 Å². The van der Waals surface area contributed by atoms with Crippen molar-refractivity contribution in [1.82, 2.24) is 5.32 Å². The van der Waals surface area contributed by atoms with Gasteiger partial charge in [-0.1, -0.05) is 24.3 Å². The molecule has 1 N–H and O–H groups in total. The average molecular weight is 381 g/mol. The molecule has 0 spiro atoms. The van der Waals surface area contributed by atoms with E-state index < -0.39 is 0 Å². The van der Waals surface area contributed by atoms with E-state index in [9.17, 15) is 9.59 Å². The van der Waals surface area contributed by atoms with Crippen LogP contribution in [0.1, 0.15) is 18.9 Å². The SMILES string of the molecule is CCOc1ccccc1N1C[C@@H](C(=O)NCc2ccc(N(C)C)cc2)CC1=O. The van der Waals surface area contributed by atoms with E-state index in [1.165, 1.54) is 0 Å². The minimum Gasteiger partial charge on any atom is -0.492 e. The van der Waals surface area contributed by atoms with Crippen LogP contribution in [0.3, 0.4) is 0 Å². The van der Waals surface area contributed by atoms with Gasteiger partial charge in [-0.15, -0.1) is 0 Å². The smallest absolute Gasteiger partial charge is 0.227 e. The molecule has 6 heteroatoms. The highest BCUT2D eigenvalue weighted by molar-refractivity contribution is 6.01. The maximum atomic E-state index is 12.6. The van der Waals surface area contributed by atoms with E-state index in [2.05, 4.69) is 5.32 Å². The van der Waals surface area contributed by atoms with Crippen LogP contribution in [-0.2, 0) is 16.1 Å². The highest BCUT2D eigenvalue weighted by atomic mass is 16.5. The molecule has 1 aliphatic heterocycles. The highest BCUT2D eigenvalue weighted by Crippen LogP contribution is 2.33. The number of nitrogens with one attached hydrogen (secondary N) is 1. The second-order valence-electron chi connectivity index (χ2n) is 7.08. The molecule has 2 aromatic rings. The number of carbonyl (C=O) groups is 2. The lowest BCUT2D eigenvalue weighted by Crippen LogP contribution is -2.32. The van der Waals surface area contributed by atoms with Crippen molar-refractivity contribution >= 4 is 23.2 Å². The third-order valence-corrected chi connectivity index (χ3v) is 4.87. The Bertz CT molecular complexity index is 833. The summed E-state index contributed by atoms with van der Waals surface area (Å²) < 4.78 is 5.63. The topological polar surface area (TPSA) is 61.9 Å². The molecule has 0 saturated carbocycles. The Morgan fingerprint density at radius 1 is 1.18 bits per heavy atom. The van der Waals surface area contributed by atoms with Crippen LogP contribution in [0, 0.1) is 5.92 Å². The zero-order chi connectivity index (χ0) is 20.1. The molecule has 1 aliphatic rings. The van der Waals surface area contributed by atoms with E-state index in [0.717, 1.165) is 16.9 Å². The van der Waals surface area contributed by atoms with Crippen LogP contribution in [0.15, 0.2) is 48.5 Å². The number of carbonyl (C=O) groups excluding carboxylic acids is 2. The first kappa shape index (κ1) is 19.7. The quantitative estimate of drug-likeness (QED) is 0.801. The van der Waals surface area contributed by atoms with Crippen molar-refractivity contribution in [2.75, 3.05) is 37.0 Å². The number of hydrogen-bond donors (Lipinski definition) is 1. The lowest BCUT2D eigenvalue weighted by atomic mass is 10.1. The maximum Gasteiger partial charge on any atom is 0.227 e. The number of benzene rings is 2. The van der Waals surface area contributed by atoms with Crippen molar-refractivity contribution in [3.63, 3.8) is 0 Å². The number of nitrogens with zero attached hydrogens (tertiary/aromatic N) is 2. The van der Waals surface area contributed by atoms with Gasteiger partial charge in [0.2, 0.25) is 11.8 Å². The molecular weight excluding hydrogens is 354 g/mol. The Labute approximate surface area is 166 Å². The maximum absolute atomic E-state index is 12.6. The summed E-state index contributed by atoms with van der Waals surface area (Å²) in [5, 5.41) is 2.96. The van der Waals surface area contributed by atoms with Crippen molar-refractivity contribution in [3.8, 4) is 5.75 Å². The predicted octanol–water partition coefficient (Wildman–Crippen LogP) is 2.82. The lowest BCUT2D eigenvalue weighted by molar-refractivity contribution is -0.126. The van der Waals surface area contributed by atoms with Gasteiger partial charge in [0.1, 0.15) is 5.75 Å². The largest absolute Gasteiger partial charge is 0.492 e. The molecule has 1 atom stereocenters. The number of ether oxygens (including phenoxy) is 1. The molecule has 28 heavy (non-hydrogen) atoms. The summed E-state index contributed by atoms with van der Waals surface area (Å²) in [7, 11) is 3.98. The number of para-hydroxylation sites is 2. The van der Waals surface area contributed by atoms with Gasteiger partial charge in [-0.2, -0.15) is 0 Å². The van der Waals surface area contributed by atoms with E-state index in [0.29, 0.717) is 25.4 Å². The Hall–Kier alpha value is -3.02. The summed E-state index contributed by atoms with van der Waals surface area (Å²) in [5.74, 6) is 0.160. The van der Waals surface area contributed by atoms with Gasteiger partial charge in [-0.05, 0) is 36.8 Å². The average Bonchev–Trinajstić information content (AvgIpc) is 3.09. The number of hydrogen-bond acceptors (Lipinski definition) is 4. The van der Waals surface area contributed by atoms with Crippen LogP contribution in [0.4, 0.5) is 11.4 Å². The summed E-state index contributed by atoms with van der Waals surface area (Å²) >= 11 is 0. The van der Waals surface area contributed by atoms with E-state index >= 15 is 0 Å². The fourth-order valence-corrected chi connectivity index (χ4v) is 3.32. The van der Waals surface area contributed by atoms with Gasteiger partial charge in [0.15, 0.2) is 0 Å². The summed E-state index contributed by atoms with van der Waals surface area (Å²) in [4.78, 5) is 28.8. The Morgan fingerprint density at radius 2 is 1.89 bits per heavy atom. The van der Waals surface area contributed by atoms with Gasteiger partial charge in [0, 0.05) is 39.3 Å². The number of anilines is 2. The molecule has 0 unspecified atom stereocenters. The van der Waals surface area contributed by atoms with Crippen LogP contribution in [-0.4, -0.2) is 39.1 Å². The molecule has 0 bridgehead atoms. The monoisotopic (exact) mass is 381 g/mol. The predicted molar refractivity (Wildman–Crippen MR) is 111 cm³/mol. The second-order valence-corrected chi connectivity index (χ2v) is 7.08. The summed E-state index contributed by atoms with van der Waals surface area (Å²) in [6.07, 6.45) is 0.214. The van der Waals surface area contributed by atoms with Crippen LogP contribution in [0.2, 0.25) is 0 Å². The first-order valence-electron chi connectivity index (χ1n) is 9.55. The zero-order valence-electron chi connectivity index (χ0n) is 16.6. The van der Waals surface area contributed by atoms with E-state index in [1.54, 1.807) is 4.90 Å². The number of rotatable bonds is 7. The molecule has 1 saturated heterocycles. The molecule has 0 aromatic heterocycles. The molecular formula is C22H27N3O3. The fourth-order valence-electron chi connectivity index (χ4n) is 3.32. The van der Waals surface area contributed by atoms with Crippen LogP contribution in [0.5, 0.6) is 5.75 Å². The summed E-state index contributed by atoms with van der Waals surface area (Å²) in [5.41, 5.74) is 2.87. The molecule has 3 rings (SSSR count). The molecule has 6 nitrogen and oxygen atoms in total. The fraction of sp³-hybridized carbons (Fsp3) is 0.364. The molecule has 1 fully saturated rings. The minimum absolute atomic E-state index is 0.0531. The lowest BCUT2D eigenvalue weighted by Gasteiger charge is -2.20. The first-order chi connectivity index (χ1) is 13.5. The number of amides is 2. The minimum atomic E-state index is -0.358. The summed E-state index contributed by atoms with van der Waals surface area (Å²) in [6, 6.07) is 15.5. The van der Waals surface area contributed by atoms with Crippen molar-refractivity contribution in [2.45, 2.75) is 19.9 Å². The third-order valence-electron chi connectivity index (χ3n) is 4.87. The summed E-state index contributed by atoms with van der Waals surface area (Å²) in [6.45, 7) is 3.25. The molecule has 1 heterocycles. The molecule has 2 amide bonds. The first-order valence-corrected chi connectivity index (χ1v) is 9.55. The van der Waals surface area contributed by atoms with Crippen molar-refractivity contribution < 1.29 is 14.3 Å².